The van der Waals surface area contributed by atoms with Crippen molar-refractivity contribution in [2.24, 2.45) is 0 Å². The van der Waals surface area contributed by atoms with Crippen LogP contribution in [-0.4, -0.2) is 33.4 Å². The van der Waals surface area contributed by atoms with Gasteiger partial charge in [0.05, 0.1) is 12.4 Å². The van der Waals surface area contributed by atoms with Gasteiger partial charge in [0.1, 0.15) is 11.4 Å². The second-order valence-corrected chi connectivity index (χ2v) is 6.25. The maximum atomic E-state index is 13.4. The van der Waals surface area contributed by atoms with E-state index in [2.05, 4.69) is 4.98 Å². The Balaban J connectivity index is 1.62. The van der Waals surface area contributed by atoms with Crippen molar-refractivity contribution in [3.05, 3.63) is 54.1 Å². The first-order valence-electron chi connectivity index (χ1n) is 8.09. The molecule has 3 aromatic rings. The molecule has 0 bridgehead atoms. The number of furan rings is 1. The van der Waals surface area contributed by atoms with Crippen LogP contribution in [-0.2, 0) is 0 Å². The van der Waals surface area contributed by atoms with Crippen molar-refractivity contribution in [3.8, 4) is 0 Å². The second kappa shape index (κ2) is 5.78. The SMILES string of the molecule is Cc1c(C(=O)N2CCC[C@H](n3ccnc3)C2)oc2ccc(F)cc12. The van der Waals surface area contributed by atoms with E-state index in [1.165, 1.54) is 12.1 Å². The zero-order valence-electron chi connectivity index (χ0n) is 13.4. The summed E-state index contributed by atoms with van der Waals surface area (Å²) in [6.45, 7) is 3.13. The maximum Gasteiger partial charge on any atom is 0.289 e. The topological polar surface area (TPSA) is 51.3 Å². The van der Waals surface area contributed by atoms with Gasteiger partial charge < -0.3 is 13.9 Å². The summed E-state index contributed by atoms with van der Waals surface area (Å²) in [6, 6.07) is 4.55. The Hall–Kier alpha value is -2.63. The number of halogens is 1. The smallest absolute Gasteiger partial charge is 0.289 e. The molecule has 1 fully saturated rings. The highest BCUT2D eigenvalue weighted by molar-refractivity contribution is 5.99. The monoisotopic (exact) mass is 327 g/mol. The number of rotatable bonds is 2. The summed E-state index contributed by atoms with van der Waals surface area (Å²) in [5.74, 6) is -0.153. The summed E-state index contributed by atoms with van der Waals surface area (Å²) in [6.07, 6.45) is 7.41. The number of aryl methyl sites for hydroxylation is 1. The van der Waals surface area contributed by atoms with Crippen LogP contribution in [0.1, 0.15) is 35.0 Å². The number of aromatic nitrogens is 2. The van der Waals surface area contributed by atoms with Crippen LogP contribution < -0.4 is 0 Å². The summed E-state index contributed by atoms with van der Waals surface area (Å²) in [5, 5.41) is 0.654. The highest BCUT2D eigenvalue weighted by Crippen LogP contribution is 2.29. The number of nitrogens with zero attached hydrogens (tertiary/aromatic N) is 3. The number of hydrogen-bond donors (Lipinski definition) is 0. The first kappa shape index (κ1) is 14.9. The van der Waals surface area contributed by atoms with Crippen molar-refractivity contribution in [1.82, 2.24) is 14.5 Å². The van der Waals surface area contributed by atoms with Gasteiger partial charge in [-0.15, -0.1) is 0 Å². The molecule has 0 spiro atoms. The summed E-state index contributed by atoms with van der Waals surface area (Å²) < 4.78 is 21.2. The van der Waals surface area contributed by atoms with Crippen LogP contribution in [0.2, 0.25) is 0 Å². The number of amides is 1. The lowest BCUT2D eigenvalue weighted by Gasteiger charge is -2.33. The van der Waals surface area contributed by atoms with Gasteiger partial charge in [-0.2, -0.15) is 0 Å². The molecule has 6 heteroatoms. The van der Waals surface area contributed by atoms with Crippen LogP contribution in [0.3, 0.4) is 0 Å². The minimum atomic E-state index is -0.330. The largest absolute Gasteiger partial charge is 0.451 e. The molecule has 4 rings (SSSR count). The van der Waals surface area contributed by atoms with Gasteiger partial charge in [-0.3, -0.25) is 4.79 Å². The van der Waals surface area contributed by atoms with Crippen molar-refractivity contribution in [1.29, 1.82) is 0 Å². The third-order valence-corrected chi connectivity index (χ3v) is 4.72. The van der Waals surface area contributed by atoms with Gasteiger partial charge in [0, 0.05) is 36.4 Å². The molecule has 24 heavy (non-hydrogen) atoms. The van der Waals surface area contributed by atoms with Crippen molar-refractivity contribution >= 4 is 16.9 Å². The van der Waals surface area contributed by atoms with Crippen molar-refractivity contribution in [2.45, 2.75) is 25.8 Å². The van der Waals surface area contributed by atoms with Crippen molar-refractivity contribution < 1.29 is 13.6 Å². The Morgan fingerprint density at radius 2 is 2.29 bits per heavy atom. The molecule has 0 N–H and O–H groups in total. The van der Waals surface area contributed by atoms with Crippen LogP contribution in [0.15, 0.2) is 41.3 Å². The van der Waals surface area contributed by atoms with Gasteiger partial charge in [-0.1, -0.05) is 0 Å². The molecule has 124 valence electrons. The number of imidazole rings is 1. The highest BCUT2D eigenvalue weighted by atomic mass is 19.1. The zero-order valence-corrected chi connectivity index (χ0v) is 13.4. The van der Waals surface area contributed by atoms with E-state index in [9.17, 15) is 9.18 Å². The summed E-state index contributed by atoms with van der Waals surface area (Å²) in [7, 11) is 0. The molecular weight excluding hydrogens is 309 g/mol. The molecule has 1 saturated heterocycles. The van der Waals surface area contributed by atoms with E-state index in [-0.39, 0.29) is 17.8 Å². The molecule has 1 amide bonds. The lowest BCUT2D eigenvalue weighted by Crippen LogP contribution is -2.40. The second-order valence-electron chi connectivity index (χ2n) is 6.25. The van der Waals surface area contributed by atoms with Gasteiger partial charge in [0.25, 0.3) is 5.91 Å². The Morgan fingerprint density at radius 3 is 3.08 bits per heavy atom. The fourth-order valence-electron chi connectivity index (χ4n) is 3.41. The zero-order chi connectivity index (χ0) is 16.7. The molecule has 0 saturated carbocycles. The molecule has 1 atom stereocenters. The third kappa shape index (κ3) is 2.48. The quantitative estimate of drug-likeness (QED) is 0.723. The van der Waals surface area contributed by atoms with Crippen molar-refractivity contribution in [2.75, 3.05) is 13.1 Å². The molecule has 1 aliphatic rings. The molecule has 0 radical (unpaired) electrons. The lowest BCUT2D eigenvalue weighted by atomic mass is 10.0. The molecule has 1 aromatic carbocycles. The van der Waals surface area contributed by atoms with Crippen LogP contribution in [0.5, 0.6) is 0 Å². The van der Waals surface area contributed by atoms with E-state index in [0.717, 1.165) is 12.8 Å². The first-order valence-corrected chi connectivity index (χ1v) is 8.09. The van der Waals surface area contributed by atoms with Crippen LogP contribution in [0.4, 0.5) is 4.39 Å². The number of fused-ring (bicyclic) bond motifs is 1. The minimum absolute atomic E-state index is 0.131. The molecular formula is C18H18FN3O2. The summed E-state index contributed by atoms with van der Waals surface area (Å²) >= 11 is 0. The van der Waals surface area contributed by atoms with E-state index in [0.29, 0.717) is 35.4 Å². The Labute approximate surface area is 138 Å². The fraction of sp³-hybridized carbons (Fsp3) is 0.333. The van der Waals surface area contributed by atoms with Crippen LogP contribution >= 0.6 is 0 Å². The van der Waals surface area contributed by atoms with Gasteiger partial charge >= 0.3 is 0 Å². The third-order valence-electron chi connectivity index (χ3n) is 4.72. The Bertz CT molecular complexity index is 885. The number of benzene rings is 1. The number of likely N-dealkylation sites (tertiary alicyclic amines) is 1. The Kier molecular flexibility index (Phi) is 3.59. The van der Waals surface area contributed by atoms with E-state index in [1.54, 1.807) is 25.5 Å². The average molecular weight is 327 g/mol. The molecule has 5 nitrogen and oxygen atoms in total. The summed E-state index contributed by atoms with van der Waals surface area (Å²) in [5.41, 5.74) is 1.24. The van der Waals surface area contributed by atoms with Gasteiger partial charge in [-0.25, -0.2) is 9.37 Å². The number of carbonyl (C=O) groups is 1. The highest BCUT2D eigenvalue weighted by Gasteiger charge is 2.28. The predicted molar refractivity (Wildman–Crippen MR) is 87.3 cm³/mol. The molecule has 2 aromatic heterocycles. The minimum Gasteiger partial charge on any atom is -0.451 e. The van der Waals surface area contributed by atoms with Gasteiger partial charge in [0.15, 0.2) is 5.76 Å². The van der Waals surface area contributed by atoms with E-state index in [4.69, 9.17) is 4.42 Å². The predicted octanol–water partition coefficient (Wildman–Crippen LogP) is 3.55. The molecule has 0 aliphatic carbocycles. The fourth-order valence-corrected chi connectivity index (χ4v) is 3.41. The molecule has 3 heterocycles. The van der Waals surface area contributed by atoms with Crippen molar-refractivity contribution in [3.63, 3.8) is 0 Å². The van der Waals surface area contributed by atoms with Crippen LogP contribution in [0.25, 0.3) is 11.0 Å². The molecule has 0 unspecified atom stereocenters. The normalized spacial score (nSPS) is 18.2. The summed E-state index contributed by atoms with van der Waals surface area (Å²) in [4.78, 5) is 18.8. The maximum absolute atomic E-state index is 13.4. The first-order chi connectivity index (χ1) is 11.6. The Morgan fingerprint density at radius 1 is 1.42 bits per heavy atom. The average Bonchev–Trinajstić information content (AvgIpc) is 3.24. The number of hydrogen-bond acceptors (Lipinski definition) is 3. The van der Waals surface area contributed by atoms with Gasteiger partial charge in [-0.05, 0) is 38.0 Å². The lowest BCUT2D eigenvalue weighted by molar-refractivity contribution is 0.0648. The standard InChI is InChI=1S/C18H18FN3O2/c1-12-15-9-13(19)4-5-16(15)24-17(12)18(23)21-7-2-3-14(10-21)22-8-6-20-11-22/h4-6,8-9,11,14H,2-3,7,10H2,1H3/t14-/m0/s1. The van der Waals surface area contributed by atoms with E-state index in [1.807, 2.05) is 15.7 Å². The van der Waals surface area contributed by atoms with E-state index < -0.39 is 0 Å². The molecule has 1 aliphatic heterocycles. The van der Waals surface area contributed by atoms with E-state index >= 15 is 0 Å². The van der Waals surface area contributed by atoms with Gasteiger partial charge in [0.2, 0.25) is 0 Å². The van der Waals surface area contributed by atoms with Crippen LogP contribution in [0, 0.1) is 12.7 Å². The number of piperidine rings is 1. The number of carbonyl (C=O) groups excluding carboxylic acids is 1.